The summed E-state index contributed by atoms with van der Waals surface area (Å²) in [4.78, 5) is 88.8. The molecule has 0 bridgehead atoms. The lowest BCUT2D eigenvalue weighted by molar-refractivity contribution is -0.131. The Kier molecular flexibility index (Phi) is 26.8. The molecule has 1 unspecified atom stereocenters. The van der Waals surface area contributed by atoms with Gasteiger partial charge in [-0.2, -0.15) is 0 Å². The summed E-state index contributed by atoms with van der Waals surface area (Å²) in [6.45, 7) is 18.3. The number of thiophene rings is 4. The first-order valence-electron chi connectivity index (χ1n) is 39.6. The van der Waals surface area contributed by atoms with Crippen molar-refractivity contribution in [1.29, 1.82) is 16.2 Å². The minimum absolute atomic E-state index is 0.0384. The number of hydrogen-bond acceptors (Lipinski definition) is 20. The number of benzene rings is 3. The van der Waals surface area contributed by atoms with Crippen LogP contribution in [0.3, 0.4) is 0 Å². The Labute approximate surface area is 737 Å². The summed E-state index contributed by atoms with van der Waals surface area (Å²) in [6, 6.07) is 38.4. The number of rotatable bonds is 13. The van der Waals surface area contributed by atoms with Crippen LogP contribution in [-0.2, 0) is 42.0 Å². The van der Waals surface area contributed by atoms with Gasteiger partial charge in [0.2, 0.25) is 23.6 Å². The molecule has 618 valence electrons. The van der Waals surface area contributed by atoms with E-state index in [4.69, 9.17) is 36.4 Å². The number of carbonyl (C=O) groups is 4. The number of halogens is 1. The van der Waals surface area contributed by atoms with E-state index in [1.54, 1.807) is 127 Å². The second-order valence-electron chi connectivity index (χ2n) is 31.3. The number of ether oxygens (including phenoxy) is 2. The average molecular weight is 1760 g/mol. The van der Waals surface area contributed by atoms with Crippen molar-refractivity contribution in [3.8, 4) is 104 Å². The van der Waals surface area contributed by atoms with Crippen LogP contribution >= 0.6 is 61.3 Å². The first kappa shape index (κ1) is 87.5. The number of amidine groups is 3. The van der Waals surface area contributed by atoms with Gasteiger partial charge in [-0.1, -0.05) is 116 Å². The molecular formula is C97H93BrN14O6S4. The predicted octanol–water partition coefficient (Wildman–Crippen LogP) is 18.4. The Balaban J connectivity index is 0.000000141. The minimum Gasteiger partial charge on any atom is -0.497 e. The number of pyridine rings is 3. The molecule has 16 rings (SSSR count). The lowest BCUT2D eigenvalue weighted by atomic mass is 9.67. The highest BCUT2D eigenvalue weighted by molar-refractivity contribution is 9.10. The summed E-state index contributed by atoms with van der Waals surface area (Å²) in [7, 11) is 8.35. The molecule has 5 aliphatic heterocycles. The summed E-state index contributed by atoms with van der Waals surface area (Å²) in [5.41, 5.74) is 20.8. The molecule has 0 saturated carbocycles. The van der Waals surface area contributed by atoms with E-state index < -0.39 is 22.3 Å². The first-order valence-corrected chi connectivity index (χ1v) is 44.0. The SMILES string of the molecule is CC#Cc1cc(-c2csc([C@@]3(C)CC(=N)N(C)C(=O)[C@@H]3c3ccc(C(C)C)cc3)c2)ncn1.CC#Cc1cncc(-c2csc([C@@]3(C)CC(=N)N(C)C(=O)[C@@H]3Br)c2)c1.CC#Cc1cncc(-c2csc([C@@]3(C)N=C(N)N(C)C(=O)[C@@H]3c3ccc4c(c3)CCO4)c2)c1.CC#Cc1cncc(-c2csc([C@H]3CC(=N)N(C)C(=O)C3c3ccc(OC)cc3)c2)c1. The van der Waals surface area contributed by atoms with Crippen LogP contribution in [0, 0.1) is 63.6 Å². The Morgan fingerprint density at radius 3 is 1.61 bits per heavy atom. The third kappa shape index (κ3) is 18.2. The summed E-state index contributed by atoms with van der Waals surface area (Å²) in [5.74, 6) is 25.5. The van der Waals surface area contributed by atoms with Crippen LogP contribution in [0.4, 0.5) is 0 Å². The van der Waals surface area contributed by atoms with Gasteiger partial charge in [-0.3, -0.25) is 55.3 Å². The van der Waals surface area contributed by atoms with Gasteiger partial charge in [0.15, 0.2) is 5.96 Å². The number of aliphatic imine (C=N–C) groups is 1. The highest BCUT2D eigenvalue weighted by Gasteiger charge is 2.52. The normalized spacial score (nSPS) is 20.9. The van der Waals surface area contributed by atoms with E-state index in [9.17, 15) is 19.2 Å². The van der Waals surface area contributed by atoms with E-state index in [0.29, 0.717) is 55.0 Å². The molecule has 5 N–H and O–H groups in total. The van der Waals surface area contributed by atoms with Gasteiger partial charge in [0.25, 0.3) is 0 Å². The maximum atomic E-state index is 13.5. The number of guanidine groups is 1. The number of nitrogens with two attached hydrogens (primary N) is 1. The summed E-state index contributed by atoms with van der Waals surface area (Å²) in [6.07, 6.45) is 14.6. The van der Waals surface area contributed by atoms with E-state index in [-0.39, 0.29) is 52.2 Å². The number of alkyl halides is 1. The molecular weight excluding hydrogens is 1670 g/mol. The van der Waals surface area contributed by atoms with E-state index in [1.165, 1.54) is 31.5 Å². The van der Waals surface area contributed by atoms with Gasteiger partial charge in [0.1, 0.15) is 51.4 Å². The van der Waals surface area contributed by atoms with E-state index in [1.807, 2.05) is 93.1 Å². The van der Waals surface area contributed by atoms with Gasteiger partial charge >= 0.3 is 0 Å². The number of amides is 4. The van der Waals surface area contributed by atoms with Crippen LogP contribution < -0.4 is 15.2 Å². The maximum Gasteiger partial charge on any atom is 0.242 e. The molecule has 25 heteroatoms. The van der Waals surface area contributed by atoms with Crippen LogP contribution in [0.2, 0.25) is 0 Å². The lowest BCUT2D eigenvalue weighted by Gasteiger charge is -2.44. The molecule has 0 spiro atoms. The number of fused-ring (bicyclic) bond motifs is 1. The monoisotopic (exact) mass is 1760 g/mol. The first-order chi connectivity index (χ1) is 58.5. The molecule has 13 heterocycles. The van der Waals surface area contributed by atoms with Gasteiger partial charge in [0.05, 0.1) is 37.2 Å². The second kappa shape index (κ2) is 37.3. The summed E-state index contributed by atoms with van der Waals surface area (Å²) >= 11 is 10.0. The summed E-state index contributed by atoms with van der Waals surface area (Å²) < 4.78 is 10.9. The summed E-state index contributed by atoms with van der Waals surface area (Å²) in [5, 5.41) is 33.3. The van der Waals surface area contributed by atoms with Crippen molar-refractivity contribution < 1.29 is 28.7 Å². The van der Waals surface area contributed by atoms with Crippen molar-refractivity contribution in [1.82, 2.24) is 44.5 Å². The Morgan fingerprint density at radius 2 is 1.03 bits per heavy atom. The molecule has 122 heavy (non-hydrogen) atoms. The van der Waals surface area contributed by atoms with Gasteiger partial charge in [-0.15, -0.1) is 63.1 Å². The van der Waals surface area contributed by atoms with Crippen LogP contribution in [0.15, 0.2) is 185 Å². The standard InChI is InChI=1S/C27H28N4OS.C26H24N4O2S.C25H23N3O2S.C19H18BrN3OS/c1-6-7-21-13-22(30-16-29-21)20-12-23(33-15-20)27(4)14-24(28)31(5)26(32)25(27)19-10-8-18(9-11-19)17(2)3;1-4-5-16-10-19(14-28-13-16)20-12-22(33-15-20)26(2)23(24(31)30(3)25(27)29-26)18-6-7-21-17(11-18)8-9-32-21;1-4-5-16-10-18(14-27-13-16)19-11-22(31-15-19)21-12-23(26)28(2)25(29)24(21)17-6-8-20(30-3)9-7-17;1-4-5-12-6-13(10-22-9-12)14-7-15(25-11-14)19(2)8-16(21)23(3)18(24)17(19)20/h8-13,15-17,25,28H,14H2,1-5H3;6-7,10-15,23H,8-9H2,1-3H3,(H2,27,29);6-11,13-15,21,24,26H,12H2,1-3H3;6-7,9-11,17,21H,8H2,1-3H3/t25-,27+;23-,26+;21-,24?;17-,19+/m0010/s1. The third-order valence-corrected chi connectivity index (χ3v) is 29.0. The zero-order chi connectivity index (χ0) is 87.1. The van der Waals surface area contributed by atoms with E-state index >= 15 is 0 Å². The number of likely N-dealkylation sites (tertiary alicyclic amines) is 3. The molecule has 3 fully saturated rings. The lowest BCUT2D eigenvalue weighted by Crippen LogP contribution is -2.54. The molecule has 0 aliphatic carbocycles. The highest BCUT2D eigenvalue weighted by Crippen LogP contribution is 2.52. The number of methoxy groups -OCH3 is 1. The van der Waals surface area contributed by atoms with Crippen molar-refractivity contribution in [2.75, 3.05) is 41.9 Å². The van der Waals surface area contributed by atoms with Crippen LogP contribution in [0.1, 0.15) is 181 Å². The van der Waals surface area contributed by atoms with Crippen molar-refractivity contribution in [2.24, 2.45) is 10.7 Å². The number of carbonyl (C=O) groups excluding carboxylic acids is 4. The van der Waals surface area contributed by atoms with Crippen molar-refractivity contribution >= 4 is 108 Å². The molecule has 3 saturated heterocycles. The van der Waals surface area contributed by atoms with E-state index in [0.717, 1.165) is 121 Å². The molecule has 4 amide bonds. The predicted molar refractivity (Wildman–Crippen MR) is 493 cm³/mol. The molecule has 0 radical (unpaired) electrons. The van der Waals surface area contributed by atoms with Crippen molar-refractivity contribution in [2.45, 2.75) is 139 Å². The highest BCUT2D eigenvalue weighted by atomic mass is 79.9. The third-order valence-electron chi connectivity index (χ3n) is 23.0. The van der Waals surface area contributed by atoms with Gasteiger partial charge < -0.3 is 29.9 Å². The van der Waals surface area contributed by atoms with Gasteiger partial charge in [0, 0.05) is 172 Å². The van der Waals surface area contributed by atoms with Crippen LogP contribution in [0.25, 0.3) is 44.6 Å². The molecule has 8 atom stereocenters. The number of piperidine rings is 3. The molecule has 11 aromatic rings. The molecule has 8 aromatic heterocycles. The van der Waals surface area contributed by atoms with Crippen LogP contribution in [0.5, 0.6) is 11.5 Å². The van der Waals surface area contributed by atoms with Crippen molar-refractivity contribution in [3.63, 3.8) is 0 Å². The number of nitrogens with zero attached hydrogens (tertiary/aromatic N) is 10. The molecule has 5 aliphatic rings. The number of hydrogen-bond donors (Lipinski definition) is 4. The van der Waals surface area contributed by atoms with Crippen LogP contribution in [-0.4, -0.2) is 138 Å². The average Bonchev–Trinajstić information content (AvgIpc) is 1.95. The smallest absolute Gasteiger partial charge is 0.242 e. The molecule has 3 aromatic carbocycles. The Bertz CT molecular complexity index is 6200. The fourth-order valence-corrected chi connectivity index (χ4v) is 21.1. The topological polar surface area (TPSA) is 274 Å². The van der Waals surface area contributed by atoms with Crippen molar-refractivity contribution in [3.05, 3.63) is 250 Å². The minimum atomic E-state index is -0.835. The number of nitrogens with one attached hydrogen (secondary N) is 3. The van der Waals surface area contributed by atoms with Gasteiger partial charge in [-0.05, 0) is 174 Å². The second-order valence-corrected chi connectivity index (χ2v) is 35.9. The molecule has 20 nitrogen and oxygen atoms in total. The zero-order valence-corrected chi connectivity index (χ0v) is 75.2. The fourth-order valence-electron chi connectivity index (χ4n) is 15.9. The quantitative estimate of drug-likeness (QED) is 0.0620. The fraction of sp³-hybridized carbons (Fsp3) is 0.289. The van der Waals surface area contributed by atoms with Gasteiger partial charge in [-0.25, -0.2) is 15.0 Å². The maximum absolute atomic E-state index is 13.5. The Hall–Kier alpha value is -12.3. The largest absolute Gasteiger partial charge is 0.497 e. The van der Waals surface area contributed by atoms with E-state index in [2.05, 4.69) is 185 Å². The number of aromatic nitrogens is 5. The number of likely N-dealkylation sites (N-methyl/N-ethyl adjacent to an activating group) is 3. The zero-order valence-electron chi connectivity index (χ0n) is 70.3. The Morgan fingerprint density at radius 1 is 0.533 bits per heavy atom.